The van der Waals surface area contributed by atoms with Crippen LogP contribution in [0.4, 0.5) is 21.8 Å². The zero-order valence-electron chi connectivity index (χ0n) is 17.9. The first-order valence-electron chi connectivity index (χ1n) is 9.86. The van der Waals surface area contributed by atoms with E-state index in [2.05, 4.69) is 25.3 Å². The third-order valence-electron chi connectivity index (χ3n) is 4.77. The first kappa shape index (κ1) is 24.0. The van der Waals surface area contributed by atoms with Gasteiger partial charge in [-0.1, -0.05) is 0 Å². The second-order valence-corrected chi connectivity index (χ2v) is 7.32. The van der Waals surface area contributed by atoms with E-state index < -0.39 is 36.1 Å². The van der Waals surface area contributed by atoms with E-state index in [-0.39, 0.29) is 47.1 Å². The summed E-state index contributed by atoms with van der Waals surface area (Å²) >= 11 is 0. The highest BCUT2D eigenvalue weighted by Gasteiger charge is 2.22. The molecule has 0 radical (unpaired) electrons. The number of hydrogen-bond donors (Lipinski definition) is 5. The van der Waals surface area contributed by atoms with E-state index in [1.54, 1.807) is 7.05 Å². The molecule has 0 unspecified atom stereocenters. The van der Waals surface area contributed by atoms with Gasteiger partial charge in [-0.3, -0.25) is 9.59 Å². The Kier molecular flexibility index (Phi) is 6.99. The number of rotatable bonds is 9. The van der Waals surface area contributed by atoms with Gasteiger partial charge >= 0.3 is 11.9 Å². The summed E-state index contributed by atoms with van der Waals surface area (Å²) in [6.45, 7) is 0.130. The van der Waals surface area contributed by atoms with Gasteiger partial charge in [0.1, 0.15) is 11.9 Å². The number of carbonyl (C=O) groups excluding carboxylic acids is 1. The van der Waals surface area contributed by atoms with Crippen LogP contribution in [0.1, 0.15) is 28.9 Å². The molecular formula is C20H21FN8O5. The van der Waals surface area contributed by atoms with Gasteiger partial charge in [0.25, 0.3) is 5.91 Å². The van der Waals surface area contributed by atoms with E-state index in [1.807, 2.05) is 0 Å². The highest BCUT2D eigenvalue weighted by Crippen LogP contribution is 2.22. The topological polar surface area (TPSA) is 211 Å². The maximum Gasteiger partial charge on any atom is 0.326 e. The Labute approximate surface area is 191 Å². The van der Waals surface area contributed by atoms with E-state index in [9.17, 15) is 18.8 Å². The number of aromatic nitrogens is 4. The average Bonchev–Trinajstić information content (AvgIpc) is 2.76. The minimum atomic E-state index is -1.42. The number of halogens is 1. The second kappa shape index (κ2) is 9.89. The Morgan fingerprint density at radius 2 is 1.91 bits per heavy atom. The maximum absolute atomic E-state index is 14.8. The molecule has 3 rings (SSSR count). The molecule has 13 nitrogen and oxygen atoms in total. The van der Waals surface area contributed by atoms with Crippen LogP contribution in [0.3, 0.4) is 0 Å². The third-order valence-corrected chi connectivity index (χ3v) is 4.77. The molecule has 14 heteroatoms. The van der Waals surface area contributed by atoms with Gasteiger partial charge in [-0.2, -0.15) is 9.97 Å². The first-order valence-corrected chi connectivity index (χ1v) is 9.86. The number of hydrogen-bond acceptors (Lipinski definition) is 10. The van der Waals surface area contributed by atoms with Crippen molar-refractivity contribution in [2.45, 2.75) is 25.4 Å². The lowest BCUT2D eigenvalue weighted by atomic mass is 10.1. The maximum atomic E-state index is 14.8. The number of amides is 1. The van der Waals surface area contributed by atoms with Crippen molar-refractivity contribution >= 4 is 46.5 Å². The van der Waals surface area contributed by atoms with Gasteiger partial charge in [-0.15, -0.1) is 0 Å². The summed E-state index contributed by atoms with van der Waals surface area (Å²) in [7, 11) is 1.60. The molecule has 34 heavy (non-hydrogen) atoms. The van der Waals surface area contributed by atoms with Gasteiger partial charge in [-0.05, 0) is 24.6 Å². The molecule has 0 saturated carbocycles. The van der Waals surface area contributed by atoms with Crippen LogP contribution in [-0.2, 0) is 16.1 Å². The number of nitrogens with one attached hydrogen (secondary N) is 1. The minimum Gasteiger partial charge on any atom is -0.481 e. The summed E-state index contributed by atoms with van der Waals surface area (Å²) in [6, 6.07) is 2.20. The molecule has 1 aromatic carbocycles. The number of carbonyl (C=O) groups is 3. The van der Waals surface area contributed by atoms with Crippen LogP contribution in [0.5, 0.6) is 0 Å². The molecule has 2 heterocycles. The Bertz CT molecular complexity index is 1270. The lowest BCUT2D eigenvalue weighted by Crippen LogP contribution is -2.41. The first-order chi connectivity index (χ1) is 16.0. The molecule has 0 spiro atoms. The summed E-state index contributed by atoms with van der Waals surface area (Å²) in [5.41, 5.74) is 12.3. The average molecular weight is 472 g/mol. The quantitative estimate of drug-likeness (QED) is 0.286. The lowest BCUT2D eigenvalue weighted by molar-refractivity contribution is -0.140. The molecule has 1 amide bonds. The van der Waals surface area contributed by atoms with Crippen molar-refractivity contribution in [3.05, 3.63) is 41.5 Å². The number of aliphatic carboxylic acids is 2. The molecule has 0 aliphatic rings. The number of anilines is 3. The number of nitrogen functional groups attached to an aromatic ring is 2. The van der Waals surface area contributed by atoms with Gasteiger partial charge < -0.3 is 31.9 Å². The zero-order chi connectivity index (χ0) is 25.0. The predicted octanol–water partition coefficient (Wildman–Crippen LogP) is 0.408. The van der Waals surface area contributed by atoms with E-state index in [0.717, 1.165) is 6.07 Å². The number of nitrogens with zero attached hydrogens (tertiary/aromatic N) is 5. The number of fused-ring (bicyclic) bond motifs is 1. The van der Waals surface area contributed by atoms with Crippen LogP contribution >= 0.6 is 0 Å². The summed E-state index contributed by atoms with van der Waals surface area (Å²) in [6.07, 6.45) is 0.681. The largest absolute Gasteiger partial charge is 0.481 e. The second-order valence-electron chi connectivity index (χ2n) is 7.32. The minimum absolute atomic E-state index is 0.0353. The van der Waals surface area contributed by atoms with Crippen LogP contribution in [-0.4, -0.2) is 61.1 Å². The zero-order valence-corrected chi connectivity index (χ0v) is 17.9. The van der Waals surface area contributed by atoms with E-state index >= 15 is 0 Å². The van der Waals surface area contributed by atoms with Crippen molar-refractivity contribution in [1.29, 1.82) is 0 Å². The highest BCUT2D eigenvalue weighted by atomic mass is 19.1. The molecule has 0 aliphatic heterocycles. The number of nitrogens with two attached hydrogens (primary N) is 2. The van der Waals surface area contributed by atoms with E-state index in [0.29, 0.717) is 5.69 Å². The molecular weight excluding hydrogens is 451 g/mol. The third kappa shape index (κ3) is 5.59. The van der Waals surface area contributed by atoms with E-state index in [1.165, 1.54) is 23.2 Å². The van der Waals surface area contributed by atoms with Gasteiger partial charge in [0.15, 0.2) is 17.0 Å². The molecule has 0 saturated heterocycles. The lowest BCUT2D eigenvalue weighted by Gasteiger charge is -2.20. The number of carboxylic acid groups (broad SMARTS) is 2. The van der Waals surface area contributed by atoms with E-state index in [4.69, 9.17) is 21.7 Å². The monoisotopic (exact) mass is 472 g/mol. The van der Waals surface area contributed by atoms with Crippen molar-refractivity contribution < 1.29 is 29.0 Å². The molecule has 2 aromatic heterocycles. The molecule has 178 valence electrons. The van der Waals surface area contributed by atoms with Crippen LogP contribution in [0.25, 0.3) is 11.2 Å². The molecule has 0 fully saturated rings. The van der Waals surface area contributed by atoms with Crippen molar-refractivity contribution in [3.8, 4) is 0 Å². The molecule has 7 N–H and O–H groups in total. The smallest absolute Gasteiger partial charge is 0.326 e. The predicted molar refractivity (Wildman–Crippen MR) is 118 cm³/mol. The highest BCUT2D eigenvalue weighted by molar-refractivity contribution is 5.97. The van der Waals surface area contributed by atoms with Crippen molar-refractivity contribution in [2.24, 2.45) is 0 Å². The normalized spacial score (nSPS) is 11.7. The standard InChI is InChI=1S/C20H21FN8O5/c1-29(8-10-7-24-17-15(25-10)16(22)27-20(23)28-17)13-4-2-9(6-11(13)21)18(32)26-12(19(33)34)3-5-14(30)31/h2,4,6-7,12H,3,5,8H2,1H3,(H,26,32)(H,30,31)(H,33,34)(H4,22,23,24,27,28)/t12-/m0/s1. The number of benzene rings is 1. The number of carboxylic acids is 2. The summed E-state index contributed by atoms with van der Waals surface area (Å²) < 4.78 is 14.8. The Morgan fingerprint density at radius 3 is 2.56 bits per heavy atom. The van der Waals surface area contributed by atoms with Crippen molar-refractivity contribution in [3.63, 3.8) is 0 Å². The van der Waals surface area contributed by atoms with Crippen molar-refractivity contribution in [2.75, 3.05) is 23.4 Å². The Hall–Kier alpha value is -4.62. The summed E-state index contributed by atoms with van der Waals surface area (Å²) in [5.74, 6) is -4.15. The fourth-order valence-electron chi connectivity index (χ4n) is 3.11. The van der Waals surface area contributed by atoms with Crippen LogP contribution < -0.4 is 21.7 Å². The molecule has 3 aromatic rings. The van der Waals surface area contributed by atoms with Gasteiger partial charge in [0.2, 0.25) is 5.95 Å². The summed E-state index contributed by atoms with van der Waals surface area (Å²) in [5, 5.41) is 20.1. The van der Waals surface area contributed by atoms with Gasteiger partial charge in [0.05, 0.1) is 24.1 Å². The van der Waals surface area contributed by atoms with Crippen molar-refractivity contribution in [1.82, 2.24) is 25.3 Å². The Morgan fingerprint density at radius 1 is 1.18 bits per heavy atom. The summed E-state index contributed by atoms with van der Waals surface area (Å²) in [4.78, 5) is 52.1. The fourth-order valence-corrected chi connectivity index (χ4v) is 3.11. The van der Waals surface area contributed by atoms with Crippen LogP contribution in [0.2, 0.25) is 0 Å². The molecule has 1 atom stereocenters. The molecule has 0 bridgehead atoms. The van der Waals surface area contributed by atoms with Crippen LogP contribution in [0, 0.1) is 5.82 Å². The SMILES string of the molecule is CN(Cc1cnc2nc(N)nc(N)c2n1)c1ccc(C(=O)N[C@@H](CCC(=O)O)C(=O)O)cc1F. The van der Waals surface area contributed by atoms with Gasteiger partial charge in [-0.25, -0.2) is 19.2 Å². The van der Waals surface area contributed by atoms with Crippen LogP contribution in [0.15, 0.2) is 24.4 Å². The fraction of sp³-hybridized carbons (Fsp3) is 0.250. The Balaban J connectivity index is 1.74. The molecule has 0 aliphatic carbocycles. The van der Waals surface area contributed by atoms with Gasteiger partial charge in [0, 0.05) is 19.0 Å².